The highest BCUT2D eigenvalue weighted by Crippen LogP contribution is 2.15. The molecule has 0 bridgehead atoms. The van der Waals surface area contributed by atoms with Gasteiger partial charge in [0.1, 0.15) is 6.42 Å². The number of esters is 1. The Morgan fingerprint density at radius 2 is 1.67 bits per heavy atom. The Morgan fingerprint density at radius 3 is 2.11 bits per heavy atom. The van der Waals surface area contributed by atoms with Gasteiger partial charge < -0.3 is 4.74 Å². The molecule has 0 amide bonds. The lowest BCUT2D eigenvalue weighted by molar-refractivity contribution is -0.142. The van der Waals surface area contributed by atoms with Gasteiger partial charge in [-0.05, 0) is 11.5 Å². The Kier molecular flexibility index (Phi) is 4.77. The fraction of sp³-hybridized carbons (Fsp3) is 0.357. The van der Waals surface area contributed by atoms with Gasteiger partial charge in [-0.15, -0.1) is 0 Å². The molecule has 4 heteroatoms. The average molecular weight is 248 g/mol. The molecular weight excluding hydrogens is 232 g/mol. The molecule has 0 N–H and O–H groups in total. The molecule has 4 nitrogen and oxygen atoms in total. The van der Waals surface area contributed by atoms with E-state index in [-0.39, 0.29) is 0 Å². The van der Waals surface area contributed by atoms with Crippen molar-refractivity contribution in [1.82, 2.24) is 0 Å². The van der Waals surface area contributed by atoms with Crippen LogP contribution in [0.4, 0.5) is 0 Å². The molecule has 0 heterocycles. The molecule has 1 aromatic carbocycles. The zero-order valence-electron chi connectivity index (χ0n) is 10.7. The standard InChI is InChI=1S/C14H16O4/c1-9(2)10-4-6-11(7-5-10)14(17)12(15)8-13(16)18-3/h4-7,9H,8H2,1-3H3. The minimum Gasteiger partial charge on any atom is -0.469 e. The number of methoxy groups -OCH3 is 1. The number of hydrogen-bond acceptors (Lipinski definition) is 4. The second-order valence-electron chi connectivity index (χ2n) is 4.28. The van der Waals surface area contributed by atoms with Crippen LogP contribution in [0.3, 0.4) is 0 Å². The van der Waals surface area contributed by atoms with E-state index < -0.39 is 24.0 Å². The fourth-order valence-electron chi connectivity index (χ4n) is 1.46. The molecule has 0 aromatic heterocycles. The predicted molar refractivity (Wildman–Crippen MR) is 66.5 cm³/mol. The van der Waals surface area contributed by atoms with Crippen molar-refractivity contribution in [1.29, 1.82) is 0 Å². The number of benzene rings is 1. The summed E-state index contributed by atoms with van der Waals surface area (Å²) in [5.74, 6) is -1.75. The minimum atomic E-state index is -0.751. The van der Waals surface area contributed by atoms with Crippen molar-refractivity contribution < 1.29 is 19.1 Å². The third kappa shape index (κ3) is 3.52. The van der Waals surface area contributed by atoms with Crippen LogP contribution in [0.2, 0.25) is 0 Å². The normalized spacial score (nSPS) is 10.2. The zero-order chi connectivity index (χ0) is 13.7. The highest BCUT2D eigenvalue weighted by Gasteiger charge is 2.19. The molecule has 0 spiro atoms. The third-order valence-corrected chi connectivity index (χ3v) is 2.63. The topological polar surface area (TPSA) is 60.4 Å². The van der Waals surface area contributed by atoms with E-state index in [1.54, 1.807) is 12.1 Å². The van der Waals surface area contributed by atoms with E-state index in [9.17, 15) is 14.4 Å². The third-order valence-electron chi connectivity index (χ3n) is 2.63. The van der Waals surface area contributed by atoms with Gasteiger partial charge in [0.05, 0.1) is 7.11 Å². The van der Waals surface area contributed by atoms with Crippen LogP contribution in [0.5, 0.6) is 0 Å². The summed E-state index contributed by atoms with van der Waals surface area (Å²) < 4.78 is 4.35. The molecule has 0 atom stereocenters. The average Bonchev–Trinajstić information content (AvgIpc) is 2.37. The van der Waals surface area contributed by atoms with Crippen molar-refractivity contribution in [3.05, 3.63) is 35.4 Å². The number of carbonyl (C=O) groups is 3. The summed E-state index contributed by atoms with van der Waals surface area (Å²) >= 11 is 0. The molecule has 0 saturated carbocycles. The van der Waals surface area contributed by atoms with Gasteiger partial charge in [0.2, 0.25) is 11.6 Å². The fourth-order valence-corrected chi connectivity index (χ4v) is 1.46. The van der Waals surface area contributed by atoms with E-state index in [2.05, 4.69) is 4.74 Å². The molecule has 0 unspecified atom stereocenters. The molecule has 0 radical (unpaired) electrons. The summed E-state index contributed by atoms with van der Waals surface area (Å²) in [5, 5.41) is 0. The number of hydrogen-bond donors (Lipinski definition) is 0. The Balaban J connectivity index is 2.78. The van der Waals surface area contributed by atoms with Gasteiger partial charge in [-0.3, -0.25) is 14.4 Å². The Labute approximate surface area is 106 Å². The van der Waals surface area contributed by atoms with Crippen molar-refractivity contribution >= 4 is 17.5 Å². The van der Waals surface area contributed by atoms with E-state index in [0.29, 0.717) is 11.5 Å². The summed E-state index contributed by atoms with van der Waals surface area (Å²) in [7, 11) is 1.18. The molecule has 0 saturated heterocycles. The van der Waals surface area contributed by atoms with Crippen molar-refractivity contribution in [3.63, 3.8) is 0 Å². The minimum absolute atomic E-state index is 0.299. The summed E-state index contributed by atoms with van der Waals surface area (Å²) in [5.41, 5.74) is 1.39. The van der Waals surface area contributed by atoms with Crippen LogP contribution in [0.15, 0.2) is 24.3 Å². The monoisotopic (exact) mass is 248 g/mol. The van der Waals surface area contributed by atoms with Gasteiger partial charge in [0, 0.05) is 5.56 Å². The SMILES string of the molecule is COC(=O)CC(=O)C(=O)c1ccc(C(C)C)cc1. The van der Waals surface area contributed by atoms with E-state index >= 15 is 0 Å². The van der Waals surface area contributed by atoms with E-state index in [4.69, 9.17) is 0 Å². The first-order valence-corrected chi connectivity index (χ1v) is 5.70. The smallest absolute Gasteiger partial charge is 0.313 e. The van der Waals surface area contributed by atoms with Crippen LogP contribution in [0.25, 0.3) is 0 Å². The number of ether oxygens (including phenoxy) is 1. The van der Waals surface area contributed by atoms with Gasteiger partial charge in [-0.2, -0.15) is 0 Å². The second kappa shape index (κ2) is 6.10. The summed E-state index contributed by atoms with van der Waals surface area (Å²) in [6.07, 6.45) is -0.513. The van der Waals surface area contributed by atoms with Gasteiger partial charge >= 0.3 is 5.97 Å². The van der Waals surface area contributed by atoms with Crippen LogP contribution >= 0.6 is 0 Å². The first kappa shape index (κ1) is 14.1. The van der Waals surface area contributed by atoms with Crippen molar-refractivity contribution in [2.45, 2.75) is 26.2 Å². The van der Waals surface area contributed by atoms with Gasteiger partial charge in [-0.1, -0.05) is 38.1 Å². The van der Waals surface area contributed by atoms with Gasteiger partial charge in [0.15, 0.2) is 0 Å². The maximum atomic E-state index is 11.7. The molecule has 0 aliphatic rings. The van der Waals surface area contributed by atoms with Crippen LogP contribution in [-0.2, 0) is 14.3 Å². The summed E-state index contributed by atoms with van der Waals surface area (Å²) in [6, 6.07) is 6.83. The highest BCUT2D eigenvalue weighted by molar-refractivity contribution is 6.45. The molecule has 1 rings (SSSR count). The molecule has 0 fully saturated rings. The quantitative estimate of drug-likeness (QED) is 0.346. The molecule has 1 aromatic rings. The first-order valence-electron chi connectivity index (χ1n) is 5.70. The van der Waals surface area contributed by atoms with Crippen molar-refractivity contribution in [3.8, 4) is 0 Å². The Hall–Kier alpha value is -1.97. The number of rotatable bonds is 5. The predicted octanol–water partition coefficient (Wildman–Crippen LogP) is 2.12. The largest absolute Gasteiger partial charge is 0.469 e. The van der Waals surface area contributed by atoms with Gasteiger partial charge in [-0.25, -0.2) is 0 Å². The summed E-state index contributed by atoms with van der Waals surface area (Å²) in [4.78, 5) is 34.1. The summed E-state index contributed by atoms with van der Waals surface area (Å²) in [6.45, 7) is 4.08. The van der Waals surface area contributed by atoms with Crippen LogP contribution in [0.1, 0.15) is 42.1 Å². The second-order valence-corrected chi connectivity index (χ2v) is 4.28. The maximum absolute atomic E-state index is 11.7. The molecule has 0 aliphatic heterocycles. The maximum Gasteiger partial charge on any atom is 0.313 e. The number of ketones is 2. The molecule has 0 aliphatic carbocycles. The van der Waals surface area contributed by atoms with Crippen LogP contribution in [-0.4, -0.2) is 24.6 Å². The van der Waals surface area contributed by atoms with Crippen molar-refractivity contribution in [2.24, 2.45) is 0 Å². The highest BCUT2D eigenvalue weighted by atomic mass is 16.5. The zero-order valence-corrected chi connectivity index (χ0v) is 10.7. The lowest BCUT2D eigenvalue weighted by atomic mass is 9.99. The first-order chi connectivity index (χ1) is 8.45. The van der Waals surface area contributed by atoms with Crippen molar-refractivity contribution in [2.75, 3.05) is 7.11 Å². The number of carbonyl (C=O) groups excluding carboxylic acids is 3. The number of Topliss-reactive ketones (excluding diaryl/α,β-unsaturated/α-hetero) is 2. The van der Waals surface area contributed by atoms with Gasteiger partial charge in [0.25, 0.3) is 0 Å². The van der Waals surface area contributed by atoms with Crippen LogP contribution in [0, 0.1) is 0 Å². The Bertz CT molecular complexity index is 457. The molecule has 18 heavy (non-hydrogen) atoms. The van der Waals surface area contributed by atoms with E-state index in [1.165, 1.54) is 7.11 Å². The lowest BCUT2D eigenvalue weighted by Crippen LogP contribution is -2.18. The van der Waals surface area contributed by atoms with E-state index in [1.807, 2.05) is 26.0 Å². The molecule has 96 valence electrons. The van der Waals surface area contributed by atoms with Crippen LogP contribution < -0.4 is 0 Å². The molecular formula is C14H16O4. The Morgan fingerprint density at radius 1 is 1.11 bits per heavy atom. The van der Waals surface area contributed by atoms with E-state index in [0.717, 1.165) is 5.56 Å². The lowest BCUT2D eigenvalue weighted by Gasteiger charge is -2.05.